The van der Waals surface area contributed by atoms with E-state index in [0.717, 1.165) is 0 Å². The normalized spacial score (nSPS) is 12.3. The summed E-state index contributed by atoms with van der Waals surface area (Å²) in [6, 6.07) is 17.7. The molecule has 0 saturated heterocycles. The molecule has 0 heterocycles. The fourth-order valence-corrected chi connectivity index (χ4v) is 4.07. The summed E-state index contributed by atoms with van der Waals surface area (Å²) in [5.74, 6) is -0.746. The van der Waals surface area contributed by atoms with Crippen LogP contribution in [0.3, 0.4) is 0 Å². The van der Waals surface area contributed by atoms with Gasteiger partial charge in [0.25, 0.3) is 23.2 Å². The first kappa shape index (κ1) is 28.0. The predicted molar refractivity (Wildman–Crippen MR) is 146 cm³/mol. The van der Waals surface area contributed by atoms with Crippen molar-refractivity contribution in [3.05, 3.63) is 104 Å². The highest BCUT2D eigenvalue weighted by atomic mass is 16.6. The van der Waals surface area contributed by atoms with Crippen LogP contribution < -0.4 is 9.80 Å². The molecule has 0 radical (unpaired) electrons. The number of hydrogen-bond acceptors (Lipinski definition) is 6. The van der Waals surface area contributed by atoms with E-state index in [1.807, 2.05) is 27.7 Å². The zero-order valence-corrected chi connectivity index (χ0v) is 21.7. The van der Waals surface area contributed by atoms with Crippen LogP contribution in [0.4, 0.5) is 22.7 Å². The standard InChI is InChI=1S/C28H30N4O6/c1-5-19(3)29(27(33)21-9-7-11-25(17-21)31(35)36)23-13-15-24(16-14-23)30(20(4)6-2)28(34)22-10-8-12-26(18-22)32(37)38/h7-20H,5-6H2,1-4H3. The molecule has 3 aromatic carbocycles. The quantitative estimate of drug-likeness (QED) is 0.226. The van der Waals surface area contributed by atoms with Crippen molar-refractivity contribution in [2.45, 2.75) is 52.6 Å². The largest absolute Gasteiger partial charge is 0.306 e. The summed E-state index contributed by atoms with van der Waals surface area (Å²) in [7, 11) is 0. The van der Waals surface area contributed by atoms with Crippen molar-refractivity contribution in [2.24, 2.45) is 0 Å². The second-order valence-electron chi connectivity index (χ2n) is 9.00. The molecule has 10 nitrogen and oxygen atoms in total. The second kappa shape index (κ2) is 12.1. The van der Waals surface area contributed by atoms with E-state index >= 15 is 0 Å². The molecule has 2 amide bonds. The molecule has 3 aromatic rings. The van der Waals surface area contributed by atoms with Gasteiger partial charge in [0.05, 0.1) is 9.85 Å². The third-order valence-corrected chi connectivity index (χ3v) is 6.51. The molecule has 2 unspecified atom stereocenters. The first-order valence-electron chi connectivity index (χ1n) is 12.3. The zero-order chi connectivity index (χ0) is 28.0. The van der Waals surface area contributed by atoms with E-state index in [1.54, 1.807) is 46.2 Å². The first-order chi connectivity index (χ1) is 18.1. The Morgan fingerprint density at radius 1 is 0.684 bits per heavy atom. The topological polar surface area (TPSA) is 127 Å². The highest BCUT2D eigenvalue weighted by Gasteiger charge is 2.26. The molecule has 3 rings (SSSR count). The number of nitro benzene ring substituents is 2. The Bertz CT molecular complexity index is 1240. The molecule has 10 heteroatoms. The molecule has 2 atom stereocenters. The summed E-state index contributed by atoms with van der Waals surface area (Å²) < 4.78 is 0. The number of nitrogens with zero attached hydrogens (tertiary/aromatic N) is 4. The Morgan fingerprint density at radius 2 is 1.03 bits per heavy atom. The van der Waals surface area contributed by atoms with Crippen molar-refractivity contribution in [2.75, 3.05) is 9.80 Å². The number of rotatable bonds is 10. The zero-order valence-electron chi connectivity index (χ0n) is 21.7. The Hall–Kier alpha value is -4.60. The molecule has 0 N–H and O–H groups in total. The number of non-ortho nitro benzene ring substituents is 2. The number of hydrogen-bond donors (Lipinski definition) is 0. The number of amides is 2. The third-order valence-electron chi connectivity index (χ3n) is 6.51. The lowest BCUT2D eigenvalue weighted by Gasteiger charge is -2.31. The number of anilines is 2. The second-order valence-corrected chi connectivity index (χ2v) is 9.00. The molecule has 0 spiro atoms. The minimum Gasteiger partial charge on any atom is -0.306 e. The van der Waals surface area contributed by atoms with Gasteiger partial charge >= 0.3 is 0 Å². The van der Waals surface area contributed by atoms with Gasteiger partial charge in [-0.05, 0) is 63.1 Å². The molecule has 198 valence electrons. The maximum absolute atomic E-state index is 13.5. The Kier molecular flexibility index (Phi) is 8.90. The van der Waals surface area contributed by atoms with Crippen LogP contribution in [0.1, 0.15) is 61.3 Å². The van der Waals surface area contributed by atoms with Gasteiger partial charge in [-0.25, -0.2) is 0 Å². The van der Waals surface area contributed by atoms with Crippen LogP contribution in [-0.2, 0) is 0 Å². The van der Waals surface area contributed by atoms with Crippen molar-refractivity contribution in [3.8, 4) is 0 Å². The average Bonchev–Trinajstić information content (AvgIpc) is 2.93. The smallest absolute Gasteiger partial charge is 0.270 e. The van der Waals surface area contributed by atoms with E-state index < -0.39 is 9.85 Å². The molecule has 0 bridgehead atoms. The summed E-state index contributed by atoms with van der Waals surface area (Å²) in [5.41, 5.74) is 1.22. The maximum atomic E-state index is 13.5. The van der Waals surface area contributed by atoms with E-state index in [2.05, 4.69) is 0 Å². The van der Waals surface area contributed by atoms with E-state index in [-0.39, 0.29) is 46.4 Å². The minimum atomic E-state index is -0.541. The van der Waals surface area contributed by atoms with Crippen LogP contribution in [0.2, 0.25) is 0 Å². The Morgan fingerprint density at radius 3 is 1.32 bits per heavy atom. The van der Waals surface area contributed by atoms with Gasteiger partial charge in [0.1, 0.15) is 0 Å². The van der Waals surface area contributed by atoms with Gasteiger partial charge in [0.15, 0.2) is 0 Å². The van der Waals surface area contributed by atoms with Crippen LogP contribution in [0.5, 0.6) is 0 Å². The monoisotopic (exact) mass is 518 g/mol. The Balaban J connectivity index is 1.99. The van der Waals surface area contributed by atoms with Gasteiger partial charge in [0.2, 0.25) is 0 Å². The lowest BCUT2D eigenvalue weighted by atomic mass is 10.1. The van der Waals surface area contributed by atoms with Crippen molar-refractivity contribution in [3.63, 3.8) is 0 Å². The molecule has 38 heavy (non-hydrogen) atoms. The number of benzene rings is 3. The maximum Gasteiger partial charge on any atom is 0.270 e. The summed E-state index contributed by atoms with van der Waals surface area (Å²) in [4.78, 5) is 51.4. The van der Waals surface area contributed by atoms with E-state index in [4.69, 9.17) is 0 Å². The van der Waals surface area contributed by atoms with Crippen LogP contribution in [0.15, 0.2) is 72.8 Å². The number of nitro groups is 2. The van der Waals surface area contributed by atoms with Gasteiger partial charge in [-0.15, -0.1) is 0 Å². The molecule has 0 aromatic heterocycles. The van der Waals surface area contributed by atoms with E-state index in [0.29, 0.717) is 24.2 Å². The molecule has 0 aliphatic carbocycles. The molecule has 0 saturated carbocycles. The SMILES string of the molecule is CCC(C)N(C(=O)c1cccc([N+](=O)[O-])c1)c1ccc(N(C(=O)c2cccc([N+](=O)[O-])c2)C(C)CC)cc1. The van der Waals surface area contributed by atoms with Gasteiger partial charge in [0, 0.05) is 58.9 Å². The number of carbonyl (C=O) groups is 2. The van der Waals surface area contributed by atoms with Crippen molar-refractivity contribution < 1.29 is 19.4 Å². The first-order valence-corrected chi connectivity index (χ1v) is 12.3. The molecular weight excluding hydrogens is 488 g/mol. The summed E-state index contributed by atoms with van der Waals surface area (Å²) in [6.45, 7) is 7.66. The average molecular weight is 519 g/mol. The van der Waals surface area contributed by atoms with Crippen molar-refractivity contribution in [1.82, 2.24) is 0 Å². The fourth-order valence-electron chi connectivity index (χ4n) is 4.07. The van der Waals surface area contributed by atoms with Crippen molar-refractivity contribution >= 4 is 34.6 Å². The molecular formula is C28H30N4O6. The molecule has 0 aliphatic rings. The van der Waals surface area contributed by atoms with E-state index in [1.165, 1.54) is 36.4 Å². The molecule has 0 fully saturated rings. The minimum absolute atomic E-state index is 0.167. The highest BCUT2D eigenvalue weighted by molar-refractivity contribution is 6.08. The van der Waals surface area contributed by atoms with Gasteiger partial charge in [-0.3, -0.25) is 29.8 Å². The van der Waals surface area contributed by atoms with E-state index in [9.17, 15) is 29.8 Å². The predicted octanol–water partition coefficient (Wildman–Crippen LogP) is 6.39. The summed E-state index contributed by atoms with van der Waals surface area (Å²) in [6.07, 6.45) is 1.29. The van der Waals surface area contributed by atoms with Crippen LogP contribution in [0.25, 0.3) is 0 Å². The summed E-state index contributed by atoms with van der Waals surface area (Å²) in [5, 5.41) is 22.4. The van der Waals surface area contributed by atoms with Gasteiger partial charge in [-0.2, -0.15) is 0 Å². The third kappa shape index (κ3) is 6.03. The van der Waals surface area contributed by atoms with Crippen LogP contribution >= 0.6 is 0 Å². The van der Waals surface area contributed by atoms with Gasteiger partial charge in [-0.1, -0.05) is 26.0 Å². The highest BCUT2D eigenvalue weighted by Crippen LogP contribution is 2.29. The van der Waals surface area contributed by atoms with Crippen LogP contribution in [-0.4, -0.2) is 33.7 Å². The molecule has 0 aliphatic heterocycles. The fraction of sp³-hybridized carbons (Fsp3) is 0.286. The lowest BCUT2D eigenvalue weighted by molar-refractivity contribution is -0.385. The van der Waals surface area contributed by atoms with Crippen molar-refractivity contribution in [1.29, 1.82) is 0 Å². The lowest BCUT2D eigenvalue weighted by Crippen LogP contribution is -2.39. The summed E-state index contributed by atoms with van der Waals surface area (Å²) >= 11 is 0. The van der Waals surface area contributed by atoms with Gasteiger partial charge < -0.3 is 9.80 Å². The Labute approximate surface area is 220 Å². The van der Waals surface area contributed by atoms with Crippen LogP contribution in [0, 0.1) is 20.2 Å². The number of carbonyl (C=O) groups excluding carboxylic acids is 2.